The second-order valence-corrected chi connectivity index (χ2v) is 6.95. The number of hydrogen-bond donors (Lipinski definition) is 1. The number of aromatic nitrogens is 1. The van der Waals surface area contributed by atoms with Crippen molar-refractivity contribution in [3.63, 3.8) is 0 Å². The number of aryl methyl sites for hydroxylation is 1. The van der Waals surface area contributed by atoms with Gasteiger partial charge in [0.25, 0.3) is 11.3 Å². The van der Waals surface area contributed by atoms with Gasteiger partial charge in [0.05, 0.1) is 17.5 Å². The predicted octanol–water partition coefficient (Wildman–Crippen LogP) is 2.39. The van der Waals surface area contributed by atoms with E-state index in [1.807, 2.05) is 43.1 Å². The minimum atomic E-state index is -0.350. The van der Waals surface area contributed by atoms with Gasteiger partial charge in [-0.05, 0) is 31.0 Å². The average molecular weight is 361 g/mol. The summed E-state index contributed by atoms with van der Waals surface area (Å²) in [7, 11) is 1.89. The number of rotatable bonds is 7. The molecule has 1 N–H and O–H groups in total. The second kappa shape index (κ2) is 7.60. The number of likely N-dealkylation sites (N-methyl/N-ethyl adjacent to an activating group) is 1. The van der Waals surface area contributed by atoms with Crippen LogP contribution in [0.25, 0.3) is 0 Å². The number of nitrogens with zero attached hydrogens (tertiary/aromatic N) is 2. The zero-order valence-corrected chi connectivity index (χ0v) is 14.8. The molecule has 1 unspecified atom stereocenters. The van der Waals surface area contributed by atoms with Gasteiger partial charge in [0, 0.05) is 7.05 Å². The highest BCUT2D eigenvalue weighted by atomic mass is 32.2. The number of thioether (sulfide) groups is 1. The molecular formula is C17H19N3O4S. The molecule has 2 amide bonds. The lowest BCUT2D eigenvalue weighted by Crippen LogP contribution is -2.25. The van der Waals surface area contributed by atoms with Gasteiger partial charge in [-0.1, -0.05) is 23.9 Å². The molecule has 7 nitrogen and oxygen atoms in total. The molecule has 8 heteroatoms. The van der Waals surface area contributed by atoms with E-state index in [1.165, 1.54) is 0 Å². The number of nitrogens with one attached hydrogen (secondary N) is 1. The molecule has 1 aliphatic heterocycles. The molecule has 0 bridgehead atoms. The fourth-order valence-corrected chi connectivity index (χ4v) is 3.24. The van der Waals surface area contributed by atoms with Crippen molar-refractivity contribution < 1.29 is 18.7 Å². The lowest BCUT2D eigenvalue weighted by atomic mass is 10.1. The van der Waals surface area contributed by atoms with Crippen LogP contribution in [0.3, 0.4) is 0 Å². The largest absolute Gasteiger partial charge is 0.492 e. The Morgan fingerprint density at radius 1 is 1.32 bits per heavy atom. The molecule has 1 saturated heterocycles. The van der Waals surface area contributed by atoms with Crippen molar-refractivity contribution in [1.82, 2.24) is 10.3 Å². The monoisotopic (exact) mass is 361 g/mol. The number of amides is 2. The molecule has 1 aliphatic rings. The van der Waals surface area contributed by atoms with Gasteiger partial charge in [0.2, 0.25) is 5.91 Å². The maximum atomic E-state index is 11.6. The Balaban J connectivity index is 1.46. The van der Waals surface area contributed by atoms with Crippen molar-refractivity contribution in [3.05, 3.63) is 41.8 Å². The van der Waals surface area contributed by atoms with Gasteiger partial charge in [-0.15, -0.1) is 0 Å². The molecule has 0 spiro atoms. The number of hydrogen-bond acceptors (Lipinski definition) is 7. The van der Waals surface area contributed by atoms with Crippen LogP contribution in [0.5, 0.6) is 5.75 Å². The Kier molecular flexibility index (Phi) is 5.28. The van der Waals surface area contributed by atoms with E-state index in [2.05, 4.69) is 10.3 Å². The van der Waals surface area contributed by atoms with Crippen LogP contribution in [0, 0.1) is 6.92 Å². The van der Waals surface area contributed by atoms with Crippen LogP contribution in [0.2, 0.25) is 0 Å². The smallest absolute Gasteiger partial charge is 0.297 e. The maximum absolute atomic E-state index is 11.6. The van der Waals surface area contributed by atoms with Gasteiger partial charge in [0.1, 0.15) is 18.6 Å². The molecule has 25 heavy (non-hydrogen) atoms. The van der Waals surface area contributed by atoms with E-state index >= 15 is 0 Å². The van der Waals surface area contributed by atoms with Crippen LogP contribution >= 0.6 is 11.8 Å². The molecule has 1 fully saturated rings. The predicted molar refractivity (Wildman–Crippen MR) is 95.1 cm³/mol. The van der Waals surface area contributed by atoms with E-state index in [0.29, 0.717) is 25.6 Å². The lowest BCUT2D eigenvalue weighted by Gasteiger charge is -2.15. The summed E-state index contributed by atoms with van der Waals surface area (Å²) in [6.45, 7) is 3.01. The number of imide groups is 1. The summed E-state index contributed by atoms with van der Waals surface area (Å²) in [6, 6.07) is 8.12. The highest BCUT2D eigenvalue weighted by molar-refractivity contribution is 8.15. The van der Waals surface area contributed by atoms with Gasteiger partial charge in [-0.2, -0.15) is 4.98 Å². The first-order valence-corrected chi connectivity index (χ1v) is 8.76. The number of ether oxygens (including phenoxy) is 1. The molecule has 2 heterocycles. The first-order valence-electron chi connectivity index (χ1n) is 7.88. The summed E-state index contributed by atoms with van der Waals surface area (Å²) in [5.41, 5.74) is 1.83. The Morgan fingerprint density at radius 2 is 2.08 bits per heavy atom. The first kappa shape index (κ1) is 17.3. The number of carbonyl (C=O) groups is 2. The molecule has 2 aromatic rings. The summed E-state index contributed by atoms with van der Waals surface area (Å²) in [4.78, 5) is 28.9. The van der Waals surface area contributed by atoms with Crippen molar-refractivity contribution in [2.45, 2.75) is 18.6 Å². The van der Waals surface area contributed by atoms with Crippen LogP contribution < -0.4 is 15.0 Å². The summed E-state index contributed by atoms with van der Waals surface area (Å²) in [6.07, 6.45) is 2.14. The SMILES string of the molecule is Cc1coc(N(C)CCOc2ccc(CC3SC(=O)NC3=O)cc2)n1. The standard InChI is InChI=1S/C17H19N3O4S/c1-11-10-24-16(18-11)20(2)7-8-23-13-5-3-12(4-6-13)9-14-15(21)19-17(22)25-14/h3-6,10,14H,7-9H2,1-2H3,(H,19,21,22). The van der Waals surface area contributed by atoms with Gasteiger partial charge in [0.15, 0.2) is 0 Å². The fourth-order valence-electron chi connectivity index (χ4n) is 2.38. The molecule has 1 aromatic carbocycles. The normalized spacial score (nSPS) is 16.8. The molecule has 1 aromatic heterocycles. The molecule has 3 rings (SSSR count). The van der Waals surface area contributed by atoms with E-state index in [9.17, 15) is 9.59 Å². The van der Waals surface area contributed by atoms with Crippen molar-refractivity contribution in [3.8, 4) is 5.75 Å². The molecule has 132 valence electrons. The van der Waals surface area contributed by atoms with Gasteiger partial charge < -0.3 is 14.1 Å². The summed E-state index contributed by atoms with van der Waals surface area (Å²) in [5.74, 6) is 0.528. The molecule has 0 radical (unpaired) electrons. The Morgan fingerprint density at radius 3 is 2.68 bits per heavy atom. The van der Waals surface area contributed by atoms with Crippen LogP contribution in [0.4, 0.5) is 10.8 Å². The number of oxazole rings is 1. The van der Waals surface area contributed by atoms with E-state index in [-0.39, 0.29) is 16.4 Å². The maximum Gasteiger partial charge on any atom is 0.297 e. The first-order chi connectivity index (χ1) is 12.0. The van der Waals surface area contributed by atoms with E-state index < -0.39 is 0 Å². The van der Waals surface area contributed by atoms with Gasteiger partial charge in [-0.3, -0.25) is 14.9 Å². The van der Waals surface area contributed by atoms with Crippen molar-refractivity contribution in [2.24, 2.45) is 0 Å². The minimum Gasteiger partial charge on any atom is -0.492 e. The zero-order valence-electron chi connectivity index (χ0n) is 14.0. The fraction of sp³-hybridized carbons (Fsp3) is 0.353. The third-order valence-electron chi connectivity index (χ3n) is 3.74. The zero-order chi connectivity index (χ0) is 17.8. The van der Waals surface area contributed by atoms with E-state index in [4.69, 9.17) is 9.15 Å². The number of anilines is 1. The molecule has 0 saturated carbocycles. The summed E-state index contributed by atoms with van der Waals surface area (Å²) < 4.78 is 11.0. The summed E-state index contributed by atoms with van der Waals surface area (Å²) >= 11 is 1.04. The Hall–Kier alpha value is -2.48. The van der Waals surface area contributed by atoms with Crippen LogP contribution in [0.1, 0.15) is 11.3 Å². The third kappa shape index (κ3) is 4.54. The lowest BCUT2D eigenvalue weighted by molar-refractivity contribution is -0.118. The quantitative estimate of drug-likeness (QED) is 0.810. The highest BCUT2D eigenvalue weighted by Gasteiger charge is 2.31. The third-order valence-corrected chi connectivity index (χ3v) is 4.72. The van der Waals surface area contributed by atoms with Crippen LogP contribution in [0.15, 0.2) is 34.9 Å². The number of carbonyl (C=O) groups excluding carboxylic acids is 2. The van der Waals surface area contributed by atoms with E-state index in [0.717, 1.165) is 28.8 Å². The Labute approximate surface area is 149 Å². The van der Waals surface area contributed by atoms with E-state index in [1.54, 1.807) is 6.26 Å². The second-order valence-electron chi connectivity index (χ2n) is 5.77. The average Bonchev–Trinajstić information content (AvgIpc) is 3.14. The minimum absolute atomic E-state index is 0.222. The number of benzene rings is 1. The topological polar surface area (TPSA) is 84.7 Å². The Bertz CT molecular complexity index is 760. The van der Waals surface area contributed by atoms with Crippen LogP contribution in [-0.4, -0.2) is 41.6 Å². The van der Waals surface area contributed by atoms with Crippen molar-refractivity contribution >= 4 is 28.9 Å². The van der Waals surface area contributed by atoms with Crippen molar-refractivity contribution in [2.75, 3.05) is 25.1 Å². The van der Waals surface area contributed by atoms with Crippen LogP contribution in [-0.2, 0) is 11.2 Å². The highest BCUT2D eigenvalue weighted by Crippen LogP contribution is 2.23. The van der Waals surface area contributed by atoms with Gasteiger partial charge in [-0.25, -0.2) is 0 Å². The summed E-state index contributed by atoms with van der Waals surface area (Å²) in [5, 5.41) is 1.67. The molecule has 1 atom stereocenters. The van der Waals surface area contributed by atoms with Gasteiger partial charge >= 0.3 is 0 Å². The molecule has 0 aliphatic carbocycles. The molecular weight excluding hydrogens is 342 g/mol. The van der Waals surface area contributed by atoms with Crippen molar-refractivity contribution in [1.29, 1.82) is 0 Å².